The normalized spacial score (nSPS) is 11.3. The third-order valence-electron chi connectivity index (χ3n) is 2.26. The quantitative estimate of drug-likeness (QED) is 0.405. The molecule has 7 nitrogen and oxygen atoms in total. The highest BCUT2D eigenvalue weighted by Crippen LogP contribution is 2.37. The minimum atomic E-state index is -3.45. The molecule has 2 N–H and O–H groups in total. The van der Waals surface area contributed by atoms with Gasteiger partial charge in [-0.15, -0.1) is 0 Å². The second-order valence-electron chi connectivity index (χ2n) is 3.92. The maximum Gasteiger partial charge on any atom is 0.271 e. The zero-order valence-corrected chi connectivity index (χ0v) is 14.2. The molecule has 20 heavy (non-hydrogen) atoms. The van der Waals surface area contributed by atoms with Crippen molar-refractivity contribution in [3.63, 3.8) is 0 Å². The Hall–Kier alpha value is -0.710. The molecule has 112 valence electrons. The van der Waals surface area contributed by atoms with Crippen molar-refractivity contribution in [1.29, 1.82) is 0 Å². The Balaban J connectivity index is 2.59. The van der Waals surface area contributed by atoms with Gasteiger partial charge in [-0.05, 0) is 44.7 Å². The third-order valence-corrected chi connectivity index (χ3v) is 4.30. The number of primary sulfonamides is 1. The molecular formula is C10H12Br2N2O5S. The van der Waals surface area contributed by atoms with E-state index in [1.165, 1.54) is 12.1 Å². The molecule has 0 heterocycles. The fraction of sp³-hybridized carbons (Fsp3) is 0.400. The van der Waals surface area contributed by atoms with Gasteiger partial charge in [-0.25, -0.2) is 13.6 Å². The summed E-state index contributed by atoms with van der Waals surface area (Å²) in [5, 5.41) is 15.5. The van der Waals surface area contributed by atoms with Gasteiger partial charge in [0.1, 0.15) is 5.75 Å². The van der Waals surface area contributed by atoms with Crippen LogP contribution in [0.5, 0.6) is 5.75 Å². The maximum atomic E-state index is 10.7. The van der Waals surface area contributed by atoms with E-state index in [-0.39, 0.29) is 18.0 Å². The van der Waals surface area contributed by atoms with E-state index in [4.69, 9.17) is 9.88 Å². The van der Waals surface area contributed by atoms with Gasteiger partial charge in [-0.1, -0.05) is 0 Å². The summed E-state index contributed by atoms with van der Waals surface area (Å²) in [5.74, 6) is 0.338. The van der Waals surface area contributed by atoms with Crippen LogP contribution in [0.15, 0.2) is 21.1 Å². The average Bonchev–Trinajstić information content (AvgIpc) is 2.29. The summed E-state index contributed by atoms with van der Waals surface area (Å²) in [4.78, 5) is 10.2. The molecule has 0 unspecified atom stereocenters. The van der Waals surface area contributed by atoms with Crippen LogP contribution in [-0.2, 0) is 10.0 Å². The highest BCUT2D eigenvalue weighted by atomic mass is 79.9. The molecule has 0 radical (unpaired) electrons. The molecule has 0 aromatic heterocycles. The summed E-state index contributed by atoms with van der Waals surface area (Å²) in [5.41, 5.74) is -0.0645. The van der Waals surface area contributed by atoms with Crippen molar-refractivity contribution < 1.29 is 18.1 Å². The van der Waals surface area contributed by atoms with Crippen molar-refractivity contribution in [3.8, 4) is 5.75 Å². The number of unbranched alkanes of at least 4 members (excludes halogenated alkanes) is 1. The number of rotatable bonds is 7. The van der Waals surface area contributed by atoms with Crippen molar-refractivity contribution >= 4 is 47.6 Å². The van der Waals surface area contributed by atoms with Crippen LogP contribution in [0, 0.1) is 10.1 Å². The number of ether oxygens (including phenoxy) is 1. The summed E-state index contributed by atoms with van der Waals surface area (Å²) in [6.07, 6.45) is 0.896. The number of benzene rings is 1. The molecule has 0 bridgehead atoms. The second kappa shape index (κ2) is 7.34. The predicted octanol–water partition coefficient (Wildman–Crippen LogP) is 2.57. The lowest BCUT2D eigenvalue weighted by Crippen LogP contribution is -2.16. The lowest BCUT2D eigenvalue weighted by molar-refractivity contribution is -0.385. The van der Waals surface area contributed by atoms with Gasteiger partial charge in [-0.3, -0.25) is 10.1 Å². The first kappa shape index (κ1) is 17.3. The van der Waals surface area contributed by atoms with Crippen LogP contribution in [0.1, 0.15) is 12.8 Å². The van der Waals surface area contributed by atoms with E-state index in [2.05, 4.69) is 31.9 Å². The Kier molecular flexibility index (Phi) is 6.37. The highest BCUT2D eigenvalue weighted by Gasteiger charge is 2.15. The molecular weight excluding hydrogens is 420 g/mol. The number of nitro groups is 1. The van der Waals surface area contributed by atoms with Crippen LogP contribution in [0.3, 0.4) is 0 Å². The number of hydrogen-bond acceptors (Lipinski definition) is 5. The van der Waals surface area contributed by atoms with Crippen molar-refractivity contribution in [1.82, 2.24) is 0 Å². The number of non-ortho nitro benzene ring substituents is 1. The predicted molar refractivity (Wildman–Crippen MR) is 81.2 cm³/mol. The van der Waals surface area contributed by atoms with Gasteiger partial charge in [0.25, 0.3) is 5.69 Å². The Morgan fingerprint density at radius 2 is 1.80 bits per heavy atom. The van der Waals surface area contributed by atoms with Crippen LogP contribution in [0.4, 0.5) is 5.69 Å². The SMILES string of the molecule is NS(=O)(=O)CCCCOc1c(Br)cc([N+](=O)[O-])cc1Br. The van der Waals surface area contributed by atoms with E-state index in [0.29, 0.717) is 27.5 Å². The lowest BCUT2D eigenvalue weighted by Gasteiger charge is -2.10. The Bertz CT molecular complexity index is 583. The van der Waals surface area contributed by atoms with Crippen LogP contribution in [0.2, 0.25) is 0 Å². The molecule has 1 aromatic rings. The molecule has 0 fully saturated rings. The molecule has 0 aliphatic heterocycles. The first-order valence-electron chi connectivity index (χ1n) is 5.47. The van der Waals surface area contributed by atoms with Gasteiger partial charge in [0, 0.05) is 12.1 Å². The molecule has 1 rings (SSSR count). The lowest BCUT2D eigenvalue weighted by atomic mass is 10.3. The van der Waals surface area contributed by atoms with E-state index in [1.54, 1.807) is 0 Å². The summed E-state index contributed by atoms with van der Waals surface area (Å²) in [7, 11) is -3.45. The molecule has 1 aromatic carbocycles. The first-order chi connectivity index (χ1) is 9.20. The van der Waals surface area contributed by atoms with Crippen molar-refractivity contribution in [3.05, 3.63) is 31.2 Å². The number of nitrogens with zero attached hydrogens (tertiary/aromatic N) is 1. The van der Waals surface area contributed by atoms with Crippen molar-refractivity contribution in [2.45, 2.75) is 12.8 Å². The van der Waals surface area contributed by atoms with E-state index < -0.39 is 14.9 Å². The Morgan fingerprint density at radius 3 is 2.25 bits per heavy atom. The fourth-order valence-corrected chi connectivity index (χ4v) is 3.37. The maximum absolute atomic E-state index is 10.7. The fourth-order valence-electron chi connectivity index (χ4n) is 1.37. The smallest absolute Gasteiger partial charge is 0.271 e. The van der Waals surface area contributed by atoms with E-state index >= 15 is 0 Å². The zero-order valence-electron chi connectivity index (χ0n) is 10.2. The number of hydrogen-bond donors (Lipinski definition) is 1. The third kappa shape index (κ3) is 5.73. The summed E-state index contributed by atoms with van der Waals surface area (Å²) >= 11 is 6.38. The van der Waals surface area contributed by atoms with Gasteiger partial charge in [0.05, 0.1) is 26.2 Å². The zero-order chi connectivity index (χ0) is 15.3. The second-order valence-corrected chi connectivity index (χ2v) is 7.36. The highest BCUT2D eigenvalue weighted by molar-refractivity contribution is 9.11. The topological polar surface area (TPSA) is 113 Å². The molecule has 0 spiro atoms. The van der Waals surface area contributed by atoms with Crippen LogP contribution in [0.25, 0.3) is 0 Å². The monoisotopic (exact) mass is 430 g/mol. The number of sulfonamides is 1. The average molecular weight is 432 g/mol. The molecule has 10 heteroatoms. The van der Waals surface area contributed by atoms with E-state index in [1.807, 2.05) is 0 Å². The minimum absolute atomic E-state index is 0.0645. The molecule has 0 aliphatic rings. The first-order valence-corrected chi connectivity index (χ1v) is 8.77. The number of nitrogens with two attached hydrogens (primary N) is 1. The van der Waals surface area contributed by atoms with Gasteiger partial charge in [0.15, 0.2) is 0 Å². The van der Waals surface area contributed by atoms with Gasteiger partial charge in [-0.2, -0.15) is 0 Å². The number of halogens is 2. The number of nitro benzene ring substituents is 1. The summed E-state index contributed by atoms with van der Waals surface area (Å²) in [6, 6.07) is 2.68. The van der Waals surface area contributed by atoms with Crippen LogP contribution < -0.4 is 9.88 Å². The Labute approximate surface area is 132 Å². The van der Waals surface area contributed by atoms with Gasteiger partial charge < -0.3 is 4.74 Å². The standard InChI is InChI=1S/C10H12Br2N2O5S/c11-8-5-7(14(15)16)6-9(12)10(8)19-3-1-2-4-20(13,17)18/h5-6H,1-4H2,(H2,13,17,18). The van der Waals surface area contributed by atoms with Crippen LogP contribution >= 0.6 is 31.9 Å². The van der Waals surface area contributed by atoms with Gasteiger partial charge in [0.2, 0.25) is 10.0 Å². The van der Waals surface area contributed by atoms with E-state index in [0.717, 1.165) is 0 Å². The van der Waals surface area contributed by atoms with E-state index in [9.17, 15) is 18.5 Å². The van der Waals surface area contributed by atoms with Crippen molar-refractivity contribution in [2.24, 2.45) is 5.14 Å². The van der Waals surface area contributed by atoms with Crippen LogP contribution in [-0.4, -0.2) is 25.7 Å². The molecule has 0 amide bonds. The largest absolute Gasteiger partial charge is 0.491 e. The molecule has 0 saturated carbocycles. The molecule has 0 atom stereocenters. The minimum Gasteiger partial charge on any atom is -0.491 e. The Morgan fingerprint density at radius 1 is 1.25 bits per heavy atom. The molecule has 0 saturated heterocycles. The van der Waals surface area contributed by atoms with Crippen molar-refractivity contribution in [2.75, 3.05) is 12.4 Å². The molecule has 0 aliphatic carbocycles. The van der Waals surface area contributed by atoms with Gasteiger partial charge >= 0.3 is 0 Å². The summed E-state index contributed by atoms with van der Waals surface area (Å²) in [6.45, 7) is 0.282. The summed E-state index contributed by atoms with van der Waals surface area (Å²) < 4.78 is 27.8.